The molecule has 2 bridgehead atoms. The van der Waals surface area contributed by atoms with Crippen LogP contribution in [-0.4, -0.2) is 96.8 Å². The van der Waals surface area contributed by atoms with Crippen LogP contribution in [0.4, 0.5) is 0 Å². The van der Waals surface area contributed by atoms with Crippen LogP contribution in [0.2, 0.25) is 0 Å². The molecule has 0 spiro atoms. The lowest BCUT2D eigenvalue weighted by atomic mass is 9.74. The van der Waals surface area contributed by atoms with Crippen molar-refractivity contribution < 1.29 is 68.5 Å². The summed E-state index contributed by atoms with van der Waals surface area (Å²) in [5.41, 5.74) is -6.19. The van der Waals surface area contributed by atoms with Gasteiger partial charge in [0.2, 0.25) is 23.1 Å². The van der Waals surface area contributed by atoms with E-state index in [1.54, 1.807) is 6.92 Å². The van der Waals surface area contributed by atoms with Crippen molar-refractivity contribution in [2.75, 3.05) is 0 Å². The van der Waals surface area contributed by atoms with Crippen LogP contribution in [0.1, 0.15) is 46.1 Å². The van der Waals surface area contributed by atoms with Gasteiger partial charge in [-0.05, 0) is 24.0 Å². The van der Waals surface area contributed by atoms with Crippen molar-refractivity contribution in [3.05, 3.63) is 48.0 Å². The molecule has 1 aromatic carbocycles. The van der Waals surface area contributed by atoms with Gasteiger partial charge in [-0.15, -0.1) is 0 Å². The molecule has 14 heteroatoms. The van der Waals surface area contributed by atoms with Gasteiger partial charge in [-0.2, -0.15) is 0 Å². The van der Waals surface area contributed by atoms with E-state index in [0.29, 0.717) is 6.42 Å². The first kappa shape index (κ1) is 33.6. The average molecular weight is 609 g/mol. The van der Waals surface area contributed by atoms with Crippen LogP contribution in [0.5, 0.6) is 0 Å². The maximum atomic E-state index is 12.7. The molecule has 43 heavy (non-hydrogen) atoms. The van der Waals surface area contributed by atoms with Gasteiger partial charge in [0, 0.05) is 19.3 Å². The number of carboxylic acids is 3. The smallest absolute Gasteiger partial charge is 0.344 e. The number of ether oxygens (including phenoxy) is 4. The number of hydrogen-bond acceptors (Lipinski definition) is 11. The van der Waals surface area contributed by atoms with E-state index in [9.17, 15) is 49.5 Å². The number of aliphatic carboxylic acids is 3. The molecule has 14 nitrogen and oxygen atoms in total. The van der Waals surface area contributed by atoms with Gasteiger partial charge in [-0.25, -0.2) is 14.4 Å². The summed E-state index contributed by atoms with van der Waals surface area (Å²) in [6.07, 6.45) is -8.73. The Morgan fingerprint density at radius 1 is 1.02 bits per heavy atom. The zero-order valence-corrected chi connectivity index (χ0v) is 24.1. The van der Waals surface area contributed by atoms with Crippen molar-refractivity contribution in [3.63, 3.8) is 0 Å². The number of carbonyl (C=O) groups excluding carboxylic acids is 2. The zero-order chi connectivity index (χ0) is 32.5. The molecule has 236 valence electrons. The zero-order valence-electron chi connectivity index (χ0n) is 24.1. The summed E-state index contributed by atoms with van der Waals surface area (Å²) in [4.78, 5) is 61.8. The van der Waals surface area contributed by atoms with Crippen molar-refractivity contribution in [2.45, 2.75) is 88.4 Å². The number of rotatable bonds is 13. The highest BCUT2D eigenvalue weighted by molar-refractivity contribution is 5.98. The number of hydrogen-bond donors (Lipinski definition) is 5. The molecule has 1 aromatic rings. The van der Waals surface area contributed by atoms with Gasteiger partial charge in [-0.3, -0.25) is 9.59 Å². The van der Waals surface area contributed by atoms with E-state index >= 15 is 0 Å². The molecule has 4 unspecified atom stereocenters. The van der Waals surface area contributed by atoms with Crippen LogP contribution < -0.4 is 0 Å². The predicted molar refractivity (Wildman–Crippen MR) is 143 cm³/mol. The summed E-state index contributed by atoms with van der Waals surface area (Å²) >= 11 is 0. The van der Waals surface area contributed by atoms with Gasteiger partial charge in [0.1, 0.15) is 12.2 Å². The Bertz CT molecular complexity index is 1280. The van der Waals surface area contributed by atoms with Crippen LogP contribution in [0, 0.1) is 11.8 Å². The number of benzene rings is 1. The minimum atomic E-state index is -3.87. The first-order valence-electron chi connectivity index (χ1n) is 13.5. The van der Waals surface area contributed by atoms with E-state index in [-0.39, 0.29) is 17.9 Å². The minimum absolute atomic E-state index is 0.230. The summed E-state index contributed by atoms with van der Waals surface area (Å²) in [6, 6.07) is 9.27. The molecule has 2 fully saturated rings. The lowest BCUT2D eigenvalue weighted by molar-refractivity contribution is -0.374. The van der Waals surface area contributed by atoms with Crippen LogP contribution in [-0.2, 0) is 49.3 Å². The molecule has 8 atom stereocenters. The van der Waals surface area contributed by atoms with E-state index in [2.05, 4.69) is 6.58 Å². The van der Waals surface area contributed by atoms with Gasteiger partial charge in [0.15, 0.2) is 6.10 Å². The van der Waals surface area contributed by atoms with E-state index in [4.69, 9.17) is 18.9 Å². The monoisotopic (exact) mass is 608 g/mol. The molecule has 0 radical (unpaired) electrons. The van der Waals surface area contributed by atoms with Crippen molar-refractivity contribution in [1.29, 1.82) is 0 Å². The van der Waals surface area contributed by atoms with Gasteiger partial charge in [0.05, 0.1) is 5.92 Å². The van der Waals surface area contributed by atoms with Crippen LogP contribution in [0.3, 0.4) is 0 Å². The summed E-state index contributed by atoms with van der Waals surface area (Å²) in [6.45, 7) is 9.72. The fourth-order valence-electron chi connectivity index (χ4n) is 5.56. The SMILES string of the molecule is C=C(CCC12OC(C(=O)O)C(O)(C(=O)O)C(C(=O)O)(O1)[C@H](OC(=O)C(C)C)[C@H]2O)[C@@H](OC(C)=O)[C@H](C)Cc1ccccc1. The molecule has 2 heterocycles. The van der Waals surface area contributed by atoms with Gasteiger partial charge in [-0.1, -0.05) is 57.7 Å². The summed E-state index contributed by atoms with van der Waals surface area (Å²) in [5, 5.41) is 52.6. The van der Waals surface area contributed by atoms with E-state index < -0.39 is 83.6 Å². The number of fused-ring (bicyclic) bond motifs is 2. The molecule has 0 aliphatic carbocycles. The second-order valence-electron chi connectivity index (χ2n) is 11.2. The molecule has 0 saturated carbocycles. The average Bonchev–Trinajstić information content (AvgIpc) is 3.14. The third kappa shape index (κ3) is 5.87. The summed E-state index contributed by atoms with van der Waals surface area (Å²) in [5.74, 6) is -12.2. The standard InChI is InChI=1S/C29H36O14/c1-14(2)24(34)41-21-20(31)27(42-22(23(32)33)28(39,25(35)36)29(21,43-27)26(37)38)12-11-15(3)19(40-17(5)30)16(4)13-18-9-7-6-8-10-18/h6-10,14,16,19-22,31,39H,3,11-13H2,1-2,4-5H3,(H,32,33)(H,35,36)(H,37,38)/t16-,19-,20-,21-,22?,27?,28?,29?/m1/s1. The topological polar surface area (TPSA) is 223 Å². The van der Waals surface area contributed by atoms with Crippen LogP contribution in [0.15, 0.2) is 42.5 Å². The molecular formula is C29H36O14. The number of aliphatic hydroxyl groups is 2. The molecule has 2 saturated heterocycles. The van der Waals surface area contributed by atoms with Crippen LogP contribution >= 0.6 is 0 Å². The number of carboxylic acid groups (broad SMARTS) is 3. The Morgan fingerprint density at radius 3 is 2.12 bits per heavy atom. The molecule has 3 rings (SSSR count). The molecule has 2 aliphatic heterocycles. The maximum absolute atomic E-state index is 12.7. The molecule has 0 amide bonds. The second-order valence-corrected chi connectivity index (χ2v) is 11.2. The maximum Gasteiger partial charge on any atom is 0.344 e. The Kier molecular flexibility index (Phi) is 9.71. The summed E-state index contributed by atoms with van der Waals surface area (Å²) < 4.78 is 21.7. The minimum Gasteiger partial charge on any atom is -0.479 e. The highest BCUT2D eigenvalue weighted by Crippen LogP contribution is 2.56. The molecular weight excluding hydrogens is 572 g/mol. The van der Waals surface area contributed by atoms with Crippen molar-refractivity contribution in [3.8, 4) is 0 Å². The Balaban J connectivity index is 2.04. The fraction of sp³-hybridized carbons (Fsp3) is 0.552. The van der Waals surface area contributed by atoms with Crippen LogP contribution in [0.25, 0.3) is 0 Å². The second kappa shape index (κ2) is 12.4. The lowest BCUT2D eigenvalue weighted by Gasteiger charge is -2.48. The normalized spacial score (nSPS) is 31.1. The highest BCUT2D eigenvalue weighted by atomic mass is 16.8. The first-order chi connectivity index (χ1) is 19.9. The Morgan fingerprint density at radius 2 is 1.63 bits per heavy atom. The lowest BCUT2D eigenvalue weighted by Crippen LogP contribution is -2.78. The van der Waals surface area contributed by atoms with Crippen molar-refractivity contribution in [1.82, 2.24) is 0 Å². The number of carbonyl (C=O) groups is 5. The molecule has 5 N–H and O–H groups in total. The third-order valence-corrected chi connectivity index (χ3v) is 7.72. The number of aliphatic hydroxyl groups excluding tert-OH is 1. The summed E-state index contributed by atoms with van der Waals surface area (Å²) in [7, 11) is 0. The van der Waals surface area contributed by atoms with Crippen molar-refractivity contribution >= 4 is 29.8 Å². The molecule has 2 aliphatic rings. The highest BCUT2D eigenvalue weighted by Gasteiger charge is 2.85. The largest absolute Gasteiger partial charge is 0.479 e. The molecule has 0 aromatic heterocycles. The Hall–Kier alpha value is -3.85. The fourth-order valence-corrected chi connectivity index (χ4v) is 5.56. The third-order valence-electron chi connectivity index (χ3n) is 7.72. The van der Waals surface area contributed by atoms with Gasteiger partial charge >= 0.3 is 29.8 Å². The van der Waals surface area contributed by atoms with Gasteiger partial charge < -0.3 is 44.5 Å². The van der Waals surface area contributed by atoms with E-state index in [0.717, 1.165) is 5.56 Å². The Labute approximate surface area is 246 Å². The van der Waals surface area contributed by atoms with Crippen molar-refractivity contribution in [2.24, 2.45) is 11.8 Å². The van der Waals surface area contributed by atoms with E-state index in [1.165, 1.54) is 20.8 Å². The first-order valence-corrected chi connectivity index (χ1v) is 13.5. The van der Waals surface area contributed by atoms with E-state index in [1.807, 2.05) is 30.3 Å². The number of esters is 2. The predicted octanol–water partition coefficient (Wildman–Crippen LogP) is 0.911. The quantitative estimate of drug-likeness (QED) is 0.155. The van der Waals surface area contributed by atoms with Gasteiger partial charge in [0.25, 0.3) is 0 Å².